The maximum absolute atomic E-state index is 9.27. The van der Waals surface area contributed by atoms with Crippen LogP contribution >= 0.6 is 0 Å². The second-order valence-corrected chi connectivity index (χ2v) is 5.29. The topological polar surface area (TPSA) is 54.3 Å². The van der Waals surface area contributed by atoms with Gasteiger partial charge in [-0.15, -0.1) is 0 Å². The van der Waals surface area contributed by atoms with Crippen LogP contribution < -0.4 is 0 Å². The molecule has 1 aromatic rings. The van der Waals surface area contributed by atoms with E-state index in [4.69, 9.17) is 9.57 Å². The molecule has 1 atom stereocenters. The molecule has 4 rings (SSSR count). The molecule has 1 spiro atoms. The zero-order chi connectivity index (χ0) is 13.6. The van der Waals surface area contributed by atoms with E-state index in [0.717, 1.165) is 25.5 Å². The van der Waals surface area contributed by atoms with Gasteiger partial charge in [-0.1, -0.05) is 29.4 Å². The van der Waals surface area contributed by atoms with E-state index in [1.807, 2.05) is 6.07 Å². The molecule has 5 heteroatoms. The van der Waals surface area contributed by atoms with Crippen LogP contribution in [0.25, 0.3) is 0 Å². The third-order valence-corrected chi connectivity index (χ3v) is 4.28. The van der Waals surface area contributed by atoms with Gasteiger partial charge in [0.05, 0.1) is 6.54 Å². The van der Waals surface area contributed by atoms with Gasteiger partial charge in [0.2, 0.25) is 11.6 Å². The normalized spacial score (nSPS) is 29.5. The van der Waals surface area contributed by atoms with Crippen molar-refractivity contribution in [2.24, 2.45) is 5.16 Å². The maximum Gasteiger partial charge on any atom is 0.237 e. The van der Waals surface area contributed by atoms with Gasteiger partial charge in [0, 0.05) is 12.0 Å². The highest BCUT2D eigenvalue weighted by Gasteiger charge is 2.52. The number of ether oxygens (including phenoxy) is 1. The molecule has 0 saturated carbocycles. The van der Waals surface area contributed by atoms with Crippen LogP contribution in [-0.2, 0) is 21.7 Å². The van der Waals surface area contributed by atoms with E-state index in [-0.39, 0.29) is 0 Å². The summed E-state index contributed by atoms with van der Waals surface area (Å²) >= 11 is 0. The average Bonchev–Trinajstić information content (AvgIpc) is 2.88. The Morgan fingerprint density at radius 2 is 2.25 bits per heavy atom. The van der Waals surface area contributed by atoms with Crippen LogP contribution in [-0.4, -0.2) is 29.0 Å². The number of fused-ring (bicyclic) bond motifs is 4. The highest BCUT2D eigenvalue weighted by molar-refractivity contribution is 5.97. The van der Waals surface area contributed by atoms with Gasteiger partial charge in [0.15, 0.2) is 5.76 Å². The third kappa shape index (κ3) is 1.40. The zero-order valence-corrected chi connectivity index (χ0v) is 11.1. The number of aliphatic hydroxyl groups is 1. The molecular formula is C15H16N2O3. The number of aliphatic hydroxyl groups excluding tert-OH is 1. The number of benzene rings is 1. The van der Waals surface area contributed by atoms with Crippen LogP contribution in [0.1, 0.15) is 24.0 Å². The van der Waals surface area contributed by atoms with Crippen LogP contribution in [0.4, 0.5) is 0 Å². The fourth-order valence-corrected chi connectivity index (χ4v) is 3.41. The summed E-state index contributed by atoms with van der Waals surface area (Å²) in [6, 6.07) is 8.37. The summed E-state index contributed by atoms with van der Waals surface area (Å²) in [5.74, 6) is 0.978. The lowest BCUT2D eigenvalue weighted by molar-refractivity contribution is -0.123. The SMILES string of the molecule is O/C=C1\OCCN2C1=NOC21CCCc2ccccc21. The molecule has 1 aromatic carbocycles. The number of amidine groups is 1. The quantitative estimate of drug-likeness (QED) is 0.736. The van der Waals surface area contributed by atoms with E-state index >= 15 is 0 Å². The van der Waals surface area contributed by atoms with Crippen molar-refractivity contribution in [3.8, 4) is 0 Å². The van der Waals surface area contributed by atoms with E-state index in [0.29, 0.717) is 24.7 Å². The van der Waals surface area contributed by atoms with Crippen molar-refractivity contribution in [1.29, 1.82) is 0 Å². The number of rotatable bonds is 0. The van der Waals surface area contributed by atoms with Crippen LogP contribution in [0.5, 0.6) is 0 Å². The number of aryl methyl sites for hydroxylation is 1. The van der Waals surface area contributed by atoms with Gasteiger partial charge in [-0.3, -0.25) is 0 Å². The minimum Gasteiger partial charge on any atom is -0.512 e. The van der Waals surface area contributed by atoms with Gasteiger partial charge in [0.25, 0.3) is 0 Å². The van der Waals surface area contributed by atoms with Gasteiger partial charge in [-0.2, -0.15) is 0 Å². The summed E-state index contributed by atoms with van der Waals surface area (Å²) in [6.07, 6.45) is 4.00. The highest BCUT2D eigenvalue weighted by atomic mass is 16.7. The van der Waals surface area contributed by atoms with Crippen LogP contribution in [0, 0.1) is 0 Å². The number of morpholine rings is 1. The minimum atomic E-state index is -0.526. The van der Waals surface area contributed by atoms with E-state index < -0.39 is 5.72 Å². The number of nitrogens with zero attached hydrogens (tertiary/aromatic N) is 2. The van der Waals surface area contributed by atoms with Gasteiger partial charge >= 0.3 is 0 Å². The molecule has 0 aromatic heterocycles. The van der Waals surface area contributed by atoms with E-state index in [2.05, 4.69) is 28.3 Å². The molecule has 2 heterocycles. The number of oxime groups is 1. The van der Waals surface area contributed by atoms with Gasteiger partial charge in [-0.05, 0) is 18.4 Å². The lowest BCUT2D eigenvalue weighted by Crippen LogP contribution is -2.52. The summed E-state index contributed by atoms with van der Waals surface area (Å²) in [5, 5.41) is 13.4. The van der Waals surface area contributed by atoms with E-state index in [1.54, 1.807) is 0 Å². The molecule has 1 aliphatic carbocycles. The van der Waals surface area contributed by atoms with Gasteiger partial charge < -0.3 is 19.6 Å². The monoisotopic (exact) mass is 272 g/mol. The third-order valence-electron chi connectivity index (χ3n) is 4.28. The lowest BCUT2D eigenvalue weighted by Gasteiger charge is -2.42. The Morgan fingerprint density at radius 1 is 1.35 bits per heavy atom. The Morgan fingerprint density at radius 3 is 3.15 bits per heavy atom. The highest BCUT2D eigenvalue weighted by Crippen LogP contribution is 2.45. The summed E-state index contributed by atoms with van der Waals surface area (Å²) in [5.41, 5.74) is 1.97. The van der Waals surface area contributed by atoms with Crippen LogP contribution in [0.2, 0.25) is 0 Å². The molecule has 1 N–H and O–H groups in total. The second-order valence-electron chi connectivity index (χ2n) is 5.29. The largest absolute Gasteiger partial charge is 0.512 e. The van der Waals surface area contributed by atoms with Crippen molar-refractivity contribution >= 4 is 5.84 Å². The summed E-state index contributed by atoms with van der Waals surface area (Å²) in [7, 11) is 0. The van der Waals surface area contributed by atoms with Crippen LogP contribution in [0.3, 0.4) is 0 Å². The molecule has 104 valence electrons. The first kappa shape index (κ1) is 11.6. The summed E-state index contributed by atoms with van der Waals surface area (Å²) in [4.78, 5) is 7.99. The Labute approximate surface area is 117 Å². The molecule has 0 radical (unpaired) electrons. The van der Waals surface area contributed by atoms with Crippen molar-refractivity contribution in [3.63, 3.8) is 0 Å². The van der Waals surface area contributed by atoms with Gasteiger partial charge in [0.1, 0.15) is 12.9 Å². The first-order valence-corrected chi connectivity index (χ1v) is 6.95. The lowest BCUT2D eigenvalue weighted by atomic mass is 9.83. The Hall–Kier alpha value is -2.17. The number of hydrogen-bond donors (Lipinski definition) is 1. The van der Waals surface area contributed by atoms with E-state index in [1.165, 1.54) is 11.1 Å². The Balaban J connectivity index is 1.81. The van der Waals surface area contributed by atoms with Crippen molar-refractivity contribution in [2.75, 3.05) is 13.2 Å². The minimum absolute atomic E-state index is 0.385. The maximum atomic E-state index is 9.27. The molecule has 0 bridgehead atoms. The Bertz CT molecular complexity index is 611. The predicted octanol–water partition coefficient (Wildman–Crippen LogP) is 2.25. The first-order chi connectivity index (χ1) is 9.85. The molecule has 1 unspecified atom stereocenters. The van der Waals surface area contributed by atoms with Crippen molar-refractivity contribution in [2.45, 2.75) is 25.0 Å². The number of hydrogen-bond acceptors (Lipinski definition) is 5. The molecule has 1 fully saturated rings. The molecular weight excluding hydrogens is 256 g/mol. The first-order valence-electron chi connectivity index (χ1n) is 6.95. The molecule has 20 heavy (non-hydrogen) atoms. The summed E-state index contributed by atoms with van der Waals surface area (Å²) in [6.45, 7) is 1.24. The molecule has 1 saturated heterocycles. The fourth-order valence-electron chi connectivity index (χ4n) is 3.41. The van der Waals surface area contributed by atoms with Crippen molar-refractivity contribution in [1.82, 2.24) is 4.90 Å². The summed E-state index contributed by atoms with van der Waals surface area (Å²) < 4.78 is 5.42. The van der Waals surface area contributed by atoms with Crippen molar-refractivity contribution < 1.29 is 14.7 Å². The van der Waals surface area contributed by atoms with Crippen molar-refractivity contribution in [3.05, 3.63) is 47.4 Å². The predicted molar refractivity (Wildman–Crippen MR) is 72.9 cm³/mol. The standard InChI is InChI=1S/C15H16N2O3/c18-10-13-14-16-20-15(17(14)8-9-19-13)7-3-5-11-4-1-2-6-12(11)15/h1-2,4,6,10,18H,3,5,7-9H2/b13-10-. The molecule has 0 amide bonds. The molecule has 5 nitrogen and oxygen atoms in total. The smallest absolute Gasteiger partial charge is 0.237 e. The fraction of sp³-hybridized carbons (Fsp3) is 0.400. The average molecular weight is 272 g/mol. The van der Waals surface area contributed by atoms with Gasteiger partial charge in [-0.25, -0.2) is 0 Å². The molecule has 2 aliphatic heterocycles. The molecule has 3 aliphatic rings. The zero-order valence-electron chi connectivity index (χ0n) is 11.1. The van der Waals surface area contributed by atoms with Crippen LogP contribution in [0.15, 0.2) is 41.4 Å². The second kappa shape index (κ2) is 4.16. The Kier molecular flexibility index (Phi) is 2.42. The van der Waals surface area contributed by atoms with E-state index in [9.17, 15) is 5.11 Å².